The second-order valence-electron chi connectivity index (χ2n) is 3.53. The molecule has 0 spiro atoms. The van der Waals surface area contributed by atoms with Gasteiger partial charge in [0.2, 0.25) is 0 Å². The van der Waals surface area contributed by atoms with Crippen molar-refractivity contribution in [3.05, 3.63) is 24.0 Å². The second kappa shape index (κ2) is 5.47. The van der Waals surface area contributed by atoms with Gasteiger partial charge in [0.25, 0.3) is 0 Å². The quantitative estimate of drug-likeness (QED) is 0.661. The molecule has 1 rings (SSSR count). The lowest BCUT2D eigenvalue weighted by Crippen LogP contribution is -2.17. The Labute approximate surface area is 84.5 Å². The molecule has 1 unspecified atom stereocenters. The number of carboxylic acids is 1. The zero-order chi connectivity index (χ0) is 10.4. The van der Waals surface area contributed by atoms with E-state index in [9.17, 15) is 4.79 Å². The summed E-state index contributed by atoms with van der Waals surface area (Å²) in [6.45, 7) is 2.15. The monoisotopic (exact) mass is 195 g/mol. The molecule has 0 aromatic carbocycles. The second-order valence-corrected chi connectivity index (χ2v) is 3.53. The van der Waals surface area contributed by atoms with E-state index in [0.29, 0.717) is 5.57 Å². The fraction of sp³-hybridized carbons (Fsp3) is 0.545. The van der Waals surface area contributed by atoms with Crippen LogP contribution in [0.3, 0.4) is 0 Å². The van der Waals surface area contributed by atoms with E-state index in [1.807, 2.05) is 12.3 Å². The van der Waals surface area contributed by atoms with Gasteiger partial charge in [-0.1, -0.05) is 32.3 Å². The molecule has 0 saturated carbocycles. The van der Waals surface area contributed by atoms with Crippen LogP contribution in [0.1, 0.15) is 32.6 Å². The van der Waals surface area contributed by atoms with Crippen molar-refractivity contribution < 1.29 is 9.90 Å². The molecular formula is C11H17NO2. The van der Waals surface area contributed by atoms with E-state index in [1.54, 1.807) is 6.20 Å². The van der Waals surface area contributed by atoms with Gasteiger partial charge >= 0.3 is 5.97 Å². The fourth-order valence-electron chi connectivity index (χ4n) is 1.61. The van der Waals surface area contributed by atoms with Gasteiger partial charge in [-0.25, -0.2) is 4.79 Å². The highest BCUT2D eigenvalue weighted by Gasteiger charge is 2.19. The van der Waals surface area contributed by atoms with E-state index in [1.165, 1.54) is 12.8 Å². The molecule has 2 N–H and O–H groups in total. The van der Waals surface area contributed by atoms with Crippen molar-refractivity contribution in [3.8, 4) is 0 Å². The van der Waals surface area contributed by atoms with Crippen LogP contribution in [0.5, 0.6) is 0 Å². The van der Waals surface area contributed by atoms with Gasteiger partial charge in [0.15, 0.2) is 0 Å². The highest BCUT2D eigenvalue weighted by molar-refractivity contribution is 5.87. The molecule has 1 aliphatic rings. The molecule has 0 aliphatic carbocycles. The lowest BCUT2D eigenvalue weighted by molar-refractivity contribution is -0.133. The molecule has 78 valence electrons. The van der Waals surface area contributed by atoms with Crippen molar-refractivity contribution in [2.24, 2.45) is 5.92 Å². The minimum Gasteiger partial charge on any atom is -0.478 e. The van der Waals surface area contributed by atoms with Crippen LogP contribution in [0.2, 0.25) is 0 Å². The summed E-state index contributed by atoms with van der Waals surface area (Å²) in [7, 11) is 0. The van der Waals surface area contributed by atoms with Gasteiger partial charge in [0.05, 0.1) is 5.57 Å². The highest BCUT2D eigenvalue weighted by atomic mass is 16.4. The van der Waals surface area contributed by atoms with Crippen LogP contribution in [0.25, 0.3) is 0 Å². The normalized spacial score (nSPS) is 20.1. The van der Waals surface area contributed by atoms with Crippen LogP contribution in [0.15, 0.2) is 24.0 Å². The topological polar surface area (TPSA) is 49.3 Å². The molecule has 14 heavy (non-hydrogen) atoms. The summed E-state index contributed by atoms with van der Waals surface area (Å²) in [5, 5.41) is 11.7. The standard InChI is InChI=1S/C11H17NO2/c1-2-3-4-5-9-6-7-12-8-10(9)11(13)14/h6-9,12H,2-5H2,1H3,(H,13,14). The van der Waals surface area contributed by atoms with Gasteiger partial charge in [-0.15, -0.1) is 0 Å². The summed E-state index contributed by atoms with van der Waals surface area (Å²) in [6, 6.07) is 0. The van der Waals surface area contributed by atoms with Crippen LogP contribution in [-0.4, -0.2) is 11.1 Å². The zero-order valence-electron chi connectivity index (χ0n) is 8.49. The van der Waals surface area contributed by atoms with E-state index in [4.69, 9.17) is 5.11 Å². The smallest absolute Gasteiger partial charge is 0.333 e. The Hall–Kier alpha value is -1.25. The maximum atomic E-state index is 10.9. The lowest BCUT2D eigenvalue weighted by atomic mass is 9.92. The number of hydrogen-bond acceptors (Lipinski definition) is 2. The molecule has 3 nitrogen and oxygen atoms in total. The molecule has 0 bridgehead atoms. The van der Waals surface area contributed by atoms with E-state index in [-0.39, 0.29) is 5.92 Å². The first-order chi connectivity index (χ1) is 6.75. The van der Waals surface area contributed by atoms with Gasteiger partial charge in [-0.3, -0.25) is 0 Å². The molecule has 0 saturated heterocycles. The summed E-state index contributed by atoms with van der Waals surface area (Å²) in [5.74, 6) is -0.733. The minimum atomic E-state index is -0.816. The van der Waals surface area contributed by atoms with Gasteiger partial charge in [0, 0.05) is 12.1 Å². The van der Waals surface area contributed by atoms with Crippen molar-refractivity contribution in [3.63, 3.8) is 0 Å². The van der Waals surface area contributed by atoms with Crippen molar-refractivity contribution in [1.29, 1.82) is 0 Å². The number of dihydropyridines is 1. The molecule has 3 heteroatoms. The fourth-order valence-corrected chi connectivity index (χ4v) is 1.61. The number of unbranched alkanes of at least 4 members (excludes halogenated alkanes) is 2. The number of carbonyl (C=O) groups is 1. The van der Waals surface area contributed by atoms with Crippen molar-refractivity contribution in [2.45, 2.75) is 32.6 Å². The van der Waals surface area contributed by atoms with Crippen LogP contribution >= 0.6 is 0 Å². The van der Waals surface area contributed by atoms with E-state index >= 15 is 0 Å². The molecule has 0 aromatic heterocycles. The first-order valence-corrected chi connectivity index (χ1v) is 5.11. The lowest BCUT2D eigenvalue weighted by Gasteiger charge is -2.16. The number of aliphatic carboxylic acids is 1. The Morgan fingerprint density at radius 1 is 1.57 bits per heavy atom. The largest absolute Gasteiger partial charge is 0.478 e. The van der Waals surface area contributed by atoms with E-state index in [0.717, 1.165) is 12.8 Å². The Bertz CT molecular complexity index is 256. The highest BCUT2D eigenvalue weighted by Crippen LogP contribution is 2.21. The maximum Gasteiger partial charge on any atom is 0.333 e. The molecule has 0 amide bonds. The van der Waals surface area contributed by atoms with Crippen molar-refractivity contribution >= 4 is 5.97 Å². The SMILES string of the molecule is CCCCCC1C=CNC=C1C(=O)O. The average molecular weight is 195 g/mol. The molecule has 1 atom stereocenters. The molecule has 1 aliphatic heterocycles. The number of allylic oxidation sites excluding steroid dienone is 1. The summed E-state index contributed by atoms with van der Waals surface area (Å²) >= 11 is 0. The molecule has 0 fully saturated rings. The Balaban J connectivity index is 2.48. The van der Waals surface area contributed by atoms with E-state index < -0.39 is 5.97 Å². The van der Waals surface area contributed by atoms with Gasteiger partial charge in [-0.2, -0.15) is 0 Å². The molecule has 1 heterocycles. The first-order valence-electron chi connectivity index (χ1n) is 5.11. The summed E-state index contributed by atoms with van der Waals surface area (Å²) < 4.78 is 0. The summed E-state index contributed by atoms with van der Waals surface area (Å²) in [4.78, 5) is 10.9. The van der Waals surface area contributed by atoms with Gasteiger partial charge in [0.1, 0.15) is 0 Å². The third-order valence-electron chi connectivity index (χ3n) is 2.43. The maximum absolute atomic E-state index is 10.9. The molecular weight excluding hydrogens is 178 g/mol. The Morgan fingerprint density at radius 2 is 2.36 bits per heavy atom. The Morgan fingerprint density at radius 3 is 3.00 bits per heavy atom. The predicted molar refractivity (Wildman–Crippen MR) is 55.6 cm³/mol. The van der Waals surface area contributed by atoms with Crippen LogP contribution < -0.4 is 5.32 Å². The Kier molecular flexibility index (Phi) is 4.23. The van der Waals surface area contributed by atoms with Gasteiger partial charge < -0.3 is 10.4 Å². The predicted octanol–water partition coefficient (Wildman–Crippen LogP) is 2.27. The third-order valence-corrected chi connectivity index (χ3v) is 2.43. The van der Waals surface area contributed by atoms with Crippen LogP contribution in [0, 0.1) is 5.92 Å². The van der Waals surface area contributed by atoms with Crippen LogP contribution in [0.4, 0.5) is 0 Å². The first kappa shape index (κ1) is 10.8. The zero-order valence-corrected chi connectivity index (χ0v) is 8.49. The van der Waals surface area contributed by atoms with E-state index in [2.05, 4.69) is 12.2 Å². The average Bonchev–Trinajstić information content (AvgIpc) is 2.19. The van der Waals surface area contributed by atoms with Crippen molar-refractivity contribution in [1.82, 2.24) is 5.32 Å². The number of rotatable bonds is 5. The third kappa shape index (κ3) is 2.91. The van der Waals surface area contributed by atoms with Gasteiger partial charge in [-0.05, 0) is 12.6 Å². The minimum absolute atomic E-state index is 0.0836. The van der Waals surface area contributed by atoms with Crippen molar-refractivity contribution in [2.75, 3.05) is 0 Å². The molecule has 0 radical (unpaired) electrons. The summed E-state index contributed by atoms with van der Waals surface area (Å²) in [5.41, 5.74) is 0.476. The van der Waals surface area contributed by atoms with Crippen LogP contribution in [-0.2, 0) is 4.79 Å². The summed E-state index contributed by atoms with van der Waals surface area (Å²) in [6.07, 6.45) is 9.69. The number of hydrogen-bond donors (Lipinski definition) is 2. The molecule has 0 aromatic rings. The number of carboxylic acid groups (broad SMARTS) is 1. The number of nitrogens with one attached hydrogen (secondary N) is 1.